The van der Waals surface area contributed by atoms with Crippen LogP contribution in [0.2, 0.25) is 0 Å². The van der Waals surface area contributed by atoms with Crippen molar-refractivity contribution in [3.8, 4) is 0 Å². The molecule has 4 nitrogen and oxygen atoms in total. The van der Waals surface area contributed by atoms with Crippen LogP contribution in [0.3, 0.4) is 0 Å². The summed E-state index contributed by atoms with van der Waals surface area (Å²) in [5, 5.41) is 0. The predicted octanol–water partition coefficient (Wildman–Crippen LogP) is 3.71. The van der Waals surface area contributed by atoms with Crippen LogP contribution < -0.4 is 0 Å². The van der Waals surface area contributed by atoms with Crippen molar-refractivity contribution in [3.05, 3.63) is 76.9 Å². The molecule has 0 aliphatic heterocycles. The molecule has 1 aliphatic carbocycles. The standard InChI is InChI=1S/C21H20O4/c1-3-25-21(23)20-17(13-18(22)24-2)15-11-7-8-12-16(15)19(20)14-9-5-4-6-10-14/h4-12,17H,3,13H2,1-2H3. The lowest BCUT2D eigenvalue weighted by molar-refractivity contribution is -0.141. The van der Waals surface area contributed by atoms with Crippen LogP contribution in [0.1, 0.15) is 36.0 Å². The van der Waals surface area contributed by atoms with Gasteiger partial charge in [0.2, 0.25) is 0 Å². The second-order valence-corrected chi connectivity index (χ2v) is 5.80. The van der Waals surface area contributed by atoms with Gasteiger partial charge in [0.1, 0.15) is 0 Å². The third-order valence-electron chi connectivity index (χ3n) is 4.38. The Morgan fingerprint density at radius 1 is 1.00 bits per heavy atom. The maximum Gasteiger partial charge on any atom is 0.335 e. The monoisotopic (exact) mass is 336 g/mol. The SMILES string of the molecule is CCOC(=O)C1=C(c2ccccc2)c2ccccc2C1CC(=O)OC. The van der Waals surface area contributed by atoms with Crippen LogP contribution in [-0.2, 0) is 19.1 Å². The first-order valence-corrected chi connectivity index (χ1v) is 8.30. The largest absolute Gasteiger partial charge is 0.469 e. The number of hydrogen-bond acceptors (Lipinski definition) is 4. The minimum atomic E-state index is -0.383. The Kier molecular flexibility index (Phi) is 4.98. The van der Waals surface area contributed by atoms with Crippen molar-refractivity contribution < 1.29 is 19.1 Å². The summed E-state index contributed by atoms with van der Waals surface area (Å²) in [6.07, 6.45) is 0.109. The van der Waals surface area contributed by atoms with Gasteiger partial charge in [0.25, 0.3) is 0 Å². The fourth-order valence-corrected chi connectivity index (χ4v) is 3.33. The minimum Gasteiger partial charge on any atom is -0.469 e. The van der Waals surface area contributed by atoms with Crippen molar-refractivity contribution in [2.75, 3.05) is 13.7 Å². The average Bonchev–Trinajstić information content (AvgIpc) is 2.97. The molecule has 2 aromatic rings. The molecule has 1 unspecified atom stereocenters. The molecule has 4 heteroatoms. The Morgan fingerprint density at radius 2 is 1.68 bits per heavy atom. The summed E-state index contributed by atoms with van der Waals surface area (Å²) >= 11 is 0. The number of esters is 2. The molecule has 0 N–H and O–H groups in total. The third-order valence-corrected chi connectivity index (χ3v) is 4.38. The van der Waals surface area contributed by atoms with E-state index in [1.54, 1.807) is 6.92 Å². The fraction of sp³-hybridized carbons (Fsp3) is 0.238. The van der Waals surface area contributed by atoms with Gasteiger partial charge in [0.15, 0.2) is 0 Å². The number of ether oxygens (including phenoxy) is 2. The molecule has 0 heterocycles. The number of carbonyl (C=O) groups is 2. The molecule has 0 bridgehead atoms. The van der Waals surface area contributed by atoms with E-state index >= 15 is 0 Å². The van der Waals surface area contributed by atoms with Gasteiger partial charge in [-0.15, -0.1) is 0 Å². The molecule has 0 saturated carbocycles. The summed E-state index contributed by atoms with van der Waals surface area (Å²) in [5.41, 5.74) is 4.22. The normalized spacial score (nSPS) is 15.7. The predicted molar refractivity (Wildman–Crippen MR) is 94.9 cm³/mol. The molecule has 128 valence electrons. The summed E-state index contributed by atoms with van der Waals surface area (Å²) in [6, 6.07) is 17.5. The van der Waals surface area contributed by atoms with E-state index in [9.17, 15) is 9.59 Å². The van der Waals surface area contributed by atoms with Gasteiger partial charge in [-0.05, 0) is 23.6 Å². The van der Waals surface area contributed by atoms with Gasteiger partial charge in [-0.3, -0.25) is 4.79 Å². The second-order valence-electron chi connectivity index (χ2n) is 5.80. The molecular weight excluding hydrogens is 316 g/mol. The Morgan fingerprint density at radius 3 is 2.36 bits per heavy atom. The van der Waals surface area contributed by atoms with Crippen LogP contribution in [0, 0.1) is 0 Å². The van der Waals surface area contributed by atoms with Crippen molar-refractivity contribution in [1.29, 1.82) is 0 Å². The van der Waals surface area contributed by atoms with Gasteiger partial charge in [0, 0.05) is 11.5 Å². The molecule has 1 aliphatic rings. The maximum atomic E-state index is 12.7. The highest BCUT2D eigenvalue weighted by molar-refractivity contribution is 6.07. The zero-order chi connectivity index (χ0) is 17.8. The molecule has 2 aromatic carbocycles. The lowest BCUT2D eigenvalue weighted by Crippen LogP contribution is -2.16. The van der Waals surface area contributed by atoms with Gasteiger partial charge < -0.3 is 9.47 Å². The van der Waals surface area contributed by atoms with Crippen molar-refractivity contribution in [2.45, 2.75) is 19.3 Å². The van der Waals surface area contributed by atoms with E-state index in [0.717, 1.165) is 22.3 Å². The molecule has 3 rings (SSSR count). The Labute approximate surface area is 147 Å². The van der Waals surface area contributed by atoms with Crippen molar-refractivity contribution in [1.82, 2.24) is 0 Å². The maximum absolute atomic E-state index is 12.7. The van der Waals surface area contributed by atoms with E-state index in [1.807, 2.05) is 54.6 Å². The minimum absolute atomic E-state index is 0.109. The van der Waals surface area contributed by atoms with Crippen molar-refractivity contribution in [3.63, 3.8) is 0 Å². The van der Waals surface area contributed by atoms with Gasteiger partial charge in [-0.1, -0.05) is 54.6 Å². The van der Waals surface area contributed by atoms with E-state index < -0.39 is 0 Å². The van der Waals surface area contributed by atoms with Crippen LogP contribution in [0.25, 0.3) is 5.57 Å². The molecule has 0 spiro atoms. The van der Waals surface area contributed by atoms with Crippen molar-refractivity contribution in [2.24, 2.45) is 0 Å². The fourth-order valence-electron chi connectivity index (χ4n) is 3.33. The first kappa shape index (κ1) is 17.0. The number of hydrogen-bond donors (Lipinski definition) is 0. The van der Waals surface area contributed by atoms with Crippen LogP contribution in [0.15, 0.2) is 60.2 Å². The van der Waals surface area contributed by atoms with E-state index in [0.29, 0.717) is 5.57 Å². The summed E-state index contributed by atoms with van der Waals surface area (Å²) < 4.78 is 10.1. The van der Waals surface area contributed by atoms with Gasteiger partial charge >= 0.3 is 11.9 Å². The summed E-state index contributed by atoms with van der Waals surface area (Å²) in [6.45, 7) is 2.06. The molecular formula is C21H20O4. The van der Waals surface area contributed by atoms with Gasteiger partial charge in [0.05, 0.1) is 25.7 Å². The molecule has 0 amide bonds. The Bertz CT molecular complexity index is 821. The molecule has 0 fully saturated rings. The van der Waals surface area contributed by atoms with E-state index in [2.05, 4.69) is 0 Å². The smallest absolute Gasteiger partial charge is 0.335 e. The first-order chi connectivity index (χ1) is 12.2. The number of carbonyl (C=O) groups excluding carboxylic acids is 2. The summed E-state index contributed by atoms with van der Waals surface area (Å²) in [5.74, 6) is -1.10. The van der Waals surface area contributed by atoms with E-state index in [1.165, 1.54) is 7.11 Å². The Balaban J connectivity index is 2.21. The van der Waals surface area contributed by atoms with Crippen LogP contribution in [0.4, 0.5) is 0 Å². The topological polar surface area (TPSA) is 52.6 Å². The Hall–Kier alpha value is -2.88. The number of benzene rings is 2. The van der Waals surface area contributed by atoms with E-state index in [4.69, 9.17) is 9.47 Å². The molecule has 0 aromatic heterocycles. The zero-order valence-corrected chi connectivity index (χ0v) is 14.3. The van der Waals surface area contributed by atoms with Crippen molar-refractivity contribution >= 4 is 17.5 Å². The third kappa shape index (κ3) is 3.20. The van der Waals surface area contributed by atoms with Gasteiger partial charge in [-0.2, -0.15) is 0 Å². The molecule has 0 saturated heterocycles. The molecule has 25 heavy (non-hydrogen) atoms. The number of methoxy groups -OCH3 is 1. The summed E-state index contributed by atoms with van der Waals surface area (Å²) in [7, 11) is 1.36. The molecule has 0 radical (unpaired) electrons. The quantitative estimate of drug-likeness (QED) is 0.781. The highest BCUT2D eigenvalue weighted by Gasteiger charge is 2.37. The highest BCUT2D eigenvalue weighted by atomic mass is 16.5. The lowest BCUT2D eigenvalue weighted by atomic mass is 9.92. The molecule has 1 atom stereocenters. The summed E-state index contributed by atoms with van der Waals surface area (Å²) in [4.78, 5) is 24.7. The van der Waals surface area contributed by atoms with E-state index in [-0.39, 0.29) is 30.9 Å². The van der Waals surface area contributed by atoms with Crippen LogP contribution >= 0.6 is 0 Å². The zero-order valence-electron chi connectivity index (χ0n) is 14.3. The first-order valence-electron chi connectivity index (χ1n) is 8.30. The number of rotatable bonds is 5. The van der Waals surface area contributed by atoms with Crippen LogP contribution in [-0.4, -0.2) is 25.7 Å². The lowest BCUT2D eigenvalue weighted by Gasteiger charge is -2.15. The highest BCUT2D eigenvalue weighted by Crippen LogP contribution is 2.47. The number of fused-ring (bicyclic) bond motifs is 1. The van der Waals surface area contributed by atoms with Gasteiger partial charge in [-0.25, -0.2) is 4.79 Å². The van der Waals surface area contributed by atoms with Crippen LogP contribution in [0.5, 0.6) is 0 Å². The second kappa shape index (κ2) is 7.34. The average molecular weight is 336 g/mol.